The maximum Gasteiger partial charge on any atom is 0.243 e. The molecule has 0 aliphatic rings. The van der Waals surface area contributed by atoms with Crippen molar-refractivity contribution in [2.75, 3.05) is 19.6 Å². The van der Waals surface area contributed by atoms with Gasteiger partial charge in [-0.25, -0.2) is 8.42 Å². The Kier molecular flexibility index (Phi) is 11.6. The Balaban J connectivity index is 2.07. The van der Waals surface area contributed by atoms with E-state index >= 15 is 0 Å². The van der Waals surface area contributed by atoms with Gasteiger partial charge in [0, 0.05) is 37.9 Å². The van der Waals surface area contributed by atoms with Gasteiger partial charge in [-0.1, -0.05) is 34.6 Å². The van der Waals surface area contributed by atoms with E-state index in [1.165, 1.54) is 6.34 Å². The number of Topliss-reactive ketones (excluding diaryl/α,β-unsaturated/α-hetero) is 1. The molecule has 0 fully saturated rings. The maximum atomic E-state index is 13.6. The van der Waals surface area contributed by atoms with Crippen LogP contribution in [0.1, 0.15) is 79.6 Å². The molecule has 1 unspecified atom stereocenters. The molecule has 36 heavy (non-hydrogen) atoms. The minimum atomic E-state index is -3.67. The maximum absolute atomic E-state index is 13.6. The number of nitrogens with two attached hydrogens (primary N) is 1. The van der Waals surface area contributed by atoms with E-state index in [2.05, 4.69) is 39.6 Å². The molecule has 1 aromatic carbocycles. The van der Waals surface area contributed by atoms with Crippen molar-refractivity contribution < 1.29 is 17.6 Å². The lowest BCUT2D eigenvalue weighted by molar-refractivity contribution is -0.121. The lowest BCUT2D eigenvalue weighted by Gasteiger charge is -2.24. The van der Waals surface area contributed by atoms with Crippen LogP contribution in [0, 0.1) is 17.3 Å². The first-order valence-corrected chi connectivity index (χ1v) is 14.6. The molecular weight excluding hydrogens is 474 g/mol. The third-order valence-electron chi connectivity index (χ3n) is 6.25. The fraction of sp³-hybridized carbons (Fsp3) is 0.643. The molecule has 0 radical (unpaired) electrons. The molecule has 0 spiro atoms. The number of benzene rings is 1. The third kappa shape index (κ3) is 10.1. The Bertz CT molecular complexity index is 1080. The molecule has 0 amide bonds. The standard InChI is InChI=1S/C28H45N3O4S/c1-22(2)18-23(9-10-25(32)20-28(3,4)5)8-6-15-31(16-7-14-30-21-29)36(33,34)26-11-12-27-24(19-26)13-17-35-27/h11-13,17,19,21-23H,6-10,14-16,18,20H2,1-5H3,(H2,29,30). The second-order valence-corrected chi connectivity index (χ2v) is 13.3. The van der Waals surface area contributed by atoms with Crippen molar-refractivity contribution in [2.45, 2.75) is 84.5 Å². The second kappa shape index (κ2) is 13.9. The number of fused-ring (bicyclic) bond motifs is 1. The first kappa shape index (κ1) is 30.0. The molecule has 0 saturated carbocycles. The van der Waals surface area contributed by atoms with Crippen LogP contribution in [0.15, 0.2) is 44.8 Å². The molecule has 0 aliphatic heterocycles. The molecule has 2 rings (SSSR count). The molecular formula is C28H45N3O4S. The Hall–Kier alpha value is -2.19. The number of furan rings is 1. The lowest BCUT2D eigenvalue weighted by atomic mass is 9.85. The van der Waals surface area contributed by atoms with Gasteiger partial charge >= 0.3 is 0 Å². The summed E-state index contributed by atoms with van der Waals surface area (Å²) in [5.41, 5.74) is 6.01. The minimum absolute atomic E-state index is 0.00685. The van der Waals surface area contributed by atoms with E-state index in [0.29, 0.717) is 62.1 Å². The molecule has 0 bridgehead atoms. The van der Waals surface area contributed by atoms with Crippen LogP contribution >= 0.6 is 0 Å². The predicted molar refractivity (Wildman–Crippen MR) is 148 cm³/mol. The van der Waals surface area contributed by atoms with Gasteiger partial charge in [0.2, 0.25) is 10.0 Å². The van der Waals surface area contributed by atoms with E-state index in [4.69, 9.17) is 10.2 Å². The van der Waals surface area contributed by atoms with E-state index in [9.17, 15) is 13.2 Å². The van der Waals surface area contributed by atoms with Gasteiger partial charge in [0.05, 0.1) is 17.5 Å². The van der Waals surface area contributed by atoms with Gasteiger partial charge in [-0.2, -0.15) is 4.31 Å². The normalized spacial score (nSPS) is 13.9. The zero-order valence-corrected chi connectivity index (χ0v) is 23.5. The highest BCUT2D eigenvalue weighted by atomic mass is 32.2. The third-order valence-corrected chi connectivity index (χ3v) is 8.14. The quantitative estimate of drug-likeness (QED) is 0.166. The molecule has 1 atom stereocenters. The molecule has 7 nitrogen and oxygen atoms in total. The van der Waals surface area contributed by atoms with Crippen molar-refractivity contribution in [2.24, 2.45) is 28.0 Å². The van der Waals surface area contributed by atoms with Gasteiger partial charge in [0.25, 0.3) is 0 Å². The summed E-state index contributed by atoms with van der Waals surface area (Å²) in [5, 5.41) is 0.765. The van der Waals surface area contributed by atoms with Crippen molar-refractivity contribution in [1.82, 2.24) is 4.31 Å². The summed E-state index contributed by atoms with van der Waals surface area (Å²) in [6, 6.07) is 6.74. The summed E-state index contributed by atoms with van der Waals surface area (Å²) >= 11 is 0. The highest BCUT2D eigenvalue weighted by molar-refractivity contribution is 7.89. The Labute approximate surface area is 217 Å². The van der Waals surface area contributed by atoms with Gasteiger partial charge in [-0.3, -0.25) is 9.79 Å². The van der Waals surface area contributed by atoms with Gasteiger partial charge in [0.15, 0.2) is 0 Å². The molecule has 2 aromatic rings. The monoisotopic (exact) mass is 519 g/mol. The molecule has 8 heteroatoms. The number of hydrogen-bond donors (Lipinski definition) is 1. The number of sulfonamides is 1. The molecule has 202 valence electrons. The molecule has 1 heterocycles. The van der Waals surface area contributed by atoms with Crippen LogP contribution in [-0.4, -0.2) is 44.5 Å². The fourth-order valence-electron chi connectivity index (χ4n) is 4.67. The number of carbonyl (C=O) groups is 1. The van der Waals surface area contributed by atoms with Crippen molar-refractivity contribution >= 4 is 33.1 Å². The Morgan fingerprint density at radius 2 is 1.86 bits per heavy atom. The summed E-state index contributed by atoms with van der Waals surface area (Å²) in [7, 11) is -3.67. The number of carbonyl (C=O) groups excluding carboxylic acids is 1. The topological polar surface area (TPSA) is 106 Å². The van der Waals surface area contributed by atoms with Crippen LogP contribution < -0.4 is 5.73 Å². The van der Waals surface area contributed by atoms with Crippen LogP contribution in [0.2, 0.25) is 0 Å². The van der Waals surface area contributed by atoms with Crippen LogP contribution in [0.25, 0.3) is 11.0 Å². The largest absolute Gasteiger partial charge is 0.464 e. The predicted octanol–water partition coefficient (Wildman–Crippen LogP) is 6.03. The number of hydrogen-bond acceptors (Lipinski definition) is 5. The first-order chi connectivity index (χ1) is 16.9. The summed E-state index contributed by atoms with van der Waals surface area (Å²) < 4.78 is 34.0. The molecule has 2 N–H and O–H groups in total. The Morgan fingerprint density at radius 1 is 1.14 bits per heavy atom. The average molecular weight is 520 g/mol. The van der Waals surface area contributed by atoms with Crippen molar-refractivity contribution in [1.29, 1.82) is 0 Å². The highest BCUT2D eigenvalue weighted by Gasteiger charge is 2.25. The van der Waals surface area contributed by atoms with Crippen LogP contribution in [0.5, 0.6) is 0 Å². The summed E-state index contributed by atoms with van der Waals surface area (Å²) in [6.45, 7) is 12.0. The summed E-state index contributed by atoms with van der Waals surface area (Å²) in [6.07, 6.45) is 8.15. The van der Waals surface area contributed by atoms with E-state index in [1.807, 2.05) is 0 Å². The minimum Gasteiger partial charge on any atom is -0.464 e. The summed E-state index contributed by atoms with van der Waals surface area (Å²) in [5.74, 6) is 1.25. The van der Waals surface area contributed by atoms with E-state index in [1.54, 1.807) is 34.8 Å². The Morgan fingerprint density at radius 3 is 2.53 bits per heavy atom. The van der Waals surface area contributed by atoms with Crippen molar-refractivity contribution in [3.8, 4) is 0 Å². The van der Waals surface area contributed by atoms with Crippen LogP contribution in [-0.2, 0) is 14.8 Å². The zero-order chi connectivity index (χ0) is 26.8. The number of ketones is 1. The van der Waals surface area contributed by atoms with Crippen LogP contribution in [0.3, 0.4) is 0 Å². The second-order valence-electron chi connectivity index (χ2n) is 11.4. The first-order valence-electron chi connectivity index (χ1n) is 13.1. The average Bonchev–Trinajstić information content (AvgIpc) is 3.25. The number of nitrogens with zero attached hydrogens (tertiary/aromatic N) is 2. The van der Waals surface area contributed by atoms with Crippen LogP contribution in [0.4, 0.5) is 0 Å². The fourth-order valence-corrected chi connectivity index (χ4v) is 6.22. The smallest absolute Gasteiger partial charge is 0.243 e. The highest BCUT2D eigenvalue weighted by Crippen LogP contribution is 2.27. The number of rotatable bonds is 16. The number of aliphatic imine (C=N–C) groups is 1. The van der Waals surface area contributed by atoms with Gasteiger partial charge < -0.3 is 10.2 Å². The molecule has 0 aliphatic carbocycles. The SMILES string of the molecule is CC(C)CC(CCCN(CCC/N=C\N)S(=O)(=O)c1ccc2occc2c1)CCC(=O)CC(C)(C)C. The molecule has 1 aromatic heterocycles. The van der Waals surface area contributed by atoms with Gasteiger partial charge in [0.1, 0.15) is 11.4 Å². The zero-order valence-electron chi connectivity index (χ0n) is 22.7. The van der Waals surface area contributed by atoms with E-state index in [0.717, 1.165) is 31.1 Å². The molecule has 0 saturated heterocycles. The van der Waals surface area contributed by atoms with E-state index in [-0.39, 0.29) is 10.3 Å². The van der Waals surface area contributed by atoms with Crippen molar-refractivity contribution in [3.63, 3.8) is 0 Å². The lowest BCUT2D eigenvalue weighted by Crippen LogP contribution is -2.33. The van der Waals surface area contributed by atoms with E-state index < -0.39 is 10.0 Å². The van der Waals surface area contributed by atoms with Crippen molar-refractivity contribution in [3.05, 3.63) is 30.5 Å². The summed E-state index contributed by atoms with van der Waals surface area (Å²) in [4.78, 5) is 16.7. The van der Waals surface area contributed by atoms with Gasteiger partial charge in [-0.05, 0) is 73.6 Å². The van der Waals surface area contributed by atoms with Gasteiger partial charge in [-0.15, -0.1) is 0 Å².